The normalized spacial score (nSPS) is 20.4. The van der Waals surface area contributed by atoms with E-state index >= 15 is 0 Å². The van der Waals surface area contributed by atoms with Crippen LogP contribution in [0.1, 0.15) is 29.0 Å². The van der Waals surface area contributed by atoms with Crippen LogP contribution < -0.4 is 11.2 Å². The third kappa shape index (κ3) is 2.23. The van der Waals surface area contributed by atoms with Crippen molar-refractivity contribution in [3.8, 4) is 0 Å². The molecule has 1 spiro atoms. The van der Waals surface area contributed by atoms with Crippen molar-refractivity contribution >= 4 is 11.3 Å². The van der Waals surface area contributed by atoms with Crippen molar-refractivity contribution in [1.82, 2.24) is 19.9 Å². The van der Waals surface area contributed by atoms with Gasteiger partial charge in [-0.15, -0.1) is 11.3 Å². The highest BCUT2D eigenvalue weighted by molar-refractivity contribution is 7.09. The molecule has 2 aliphatic rings. The van der Waals surface area contributed by atoms with Gasteiger partial charge in [0, 0.05) is 30.7 Å². The van der Waals surface area contributed by atoms with Crippen molar-refractivity contribution in [1.29, 1.82) is 0 Å². The highest BCUT2D eigenvalue weighted by Crippen LogP contribution is 2.41. The molecule has 1 saturated heterocycles. The molecule has 0 atom stereocenters. The number of hydrogen-bond acceptors (Lipinski definition) is 6. The highest BCUT2D eigenvalue weighted by atomic mass is 32.1. The molecule has 4 rings (SSSR count). The zero-order valence-electron chi connectivity index (χ0n) is 11.9. The summed E-state index contributed by atoms with van der Waals surface area (Å²) in [5.74, 6) is 0. The standard InChI is InChI=1S/C14H16N4O3S/c19-12-11-10(16-13(20)17-12)7-21-14(11)1-3-18(4-2-14)6-9-5-15-8-22-9/h5,8H,1-4,6-7H2,(H2,16,17,19,20). The second kappa shape index (κ2) is 5.15. The fourth-order valence-corrected chi connectivity index (χ4v) is 4.05. The molecule has 2 aromatic rings. The molecule has 116 valence electrons. The lowest BCUT2D eigenvalue weighted by Crippen LogP contribution is -2.45. The number of H-pyrrole nitrogens is 2. The topological polar surface area (TPSA) is 91.1 Å². The first-order valence-electron chi connectivity index (χ1n) is 7.26. The van der Waals surface area contributed by atoms with Gasteiger partial charge < -0.3 is 9.72 Å². The first-order valence-corrected chi connectivity index (χ1v) is 8.14. The summed E-state index contributed by atoms with van der Waals surface area (Å²) >= 11 is 1.65. The maximum atomic E-state index is 12.2. The molecule has 0 unspecified atom stereocenters. The van der Waals surface area contributed by atoms with Gasteiger partial charge >= 0.3 is 5.69 Å². The molecule has 2 aromatic heterocycles. The van der Waals surface area contributed by atoms with Crippen molar-refractivity contribution in [3.63, 3.8) is 0 Å². The molecule has 0 aromatic carbocycles. The van der Waals surface area contributed by atoms with Crippen LogP contribution in [-0.2, 0) is 23.5 Å². The number of aromatic amines is 2. The van der Waals surface area contributed by atoms with Gasteiger partial charge in [-0.25, -0.2) is 4.79 Å². The quantitative estimate of drug-likeness (QED) is 0.843. The molecule has 0 saturated carbocycles. The minimum Gasteiger partial charge on any atom is -0.364 e. The zero-order valence-corrected chi connectivity index (χ0v) is 12.7. The van der Waals surface area contributed by atoms with E-state index in [1.165, 1.54) is 4.88 Å². The number of hydrogen-bond donors (Lipinski definition) is 2. The van der Waals surface area contributed by atoms with Crippen LogP contribution in [0.15, 0.2) is 21.3 Å². The summed E-state index contributed by atoms with van der Waals surface area (Å²) in [6.07, 6.45) is 3.41. The third-order valence-corrected chi connectivity index (χ3v) is 5.26. The smallest absolute Gasteiger partial charge is 0.325 e. The molecule has 0 aliphatic carbocycles. The maximum Gasteiger partial charge on any atom is 0.325 e. The summed E-state index contributed by atoms with van der Waals surface area (Å²) < 4.78 is 5.94. The van der Waals surface area contributed by atoms with E-state index in [4.69, 9.17) is 4.74 Å². The van der Waals surface area contributed by atoms with E-state index in [2.05, 4.69) is 19.9 Å². The third-order valence-electron chi connectivity index (χ3n) is 4.50. The van der Waals surface area contributed by atoms with Crippen LogP contribution in [-0.4, -0.2) is 32.9 Å². The number of nitrogens with zero attached hydrogens (tertiary/aromatic N) is 2. The Hall–Kier alpha value is -1.77. The lowest BCUT2D eigenvalue weighted by molar-refractivity contribution is -0.0806. The Morgan fingerprint density at radius 2 is 2.14 bits per heavy atom. The van der Waals surface area contributed by atoms with Gasteiger partial charge in [-0.1, -0.05) is 0 Å². The molecule has 7 nitrogen and oxygen atoms in total. The van der Waals surface area contributed by atoms with Gasteiger partial charge in [-0.05, 0) is 12.8 Å². The Bertz CT molecular complexity index is 787. The molecule has 22 heavy (non-hydrogen) atoms. The second-order valence-electron chi connectivity index (χ2n) is 5.79. The van der Waals surface area contributed by atoms with E-state index in [0.29, 0.717) is 17.9 Å². The predicted octanol–water partition coefficient (Wildman–Crippen LogP) is 0.541. The summed E-state index contributed by atoms with van der Waals surface area (Å²) in [5, 5.41) is 0. The average molecular weight is 320 g/mol. The minimum atomic E-state index is -0.544. The van der Waals surface area contributed by atoms with Crippen LogP contribution in [0.5, 0.6) is 0 Å². The first-order chi connectivity index (χ1) is 10.7. The lowest BCUT2D eigenvalue weighted by atomic mass is 9.85. The van der Waals surface area contributed by atoms with E-state index in [9.17, 15) is 9.59 Å². The molecule has 0 amide bonds. The number of aromatic nitrogens is 3. The van der Waals surface area contributed by atoms with Gasteiger partial charge in [0.2, 0.25) is 0 Å². The van der Waals surface area contributed by atoms with Crippen LogP contribution in [0.25, 0.3) is 0 Å². The van der Waals surface area contributed by atoms with Crippen LogP contribution in [0, 0.1) is 0 Å². The van der Waals surface area contributed by atoms with Crippen molar-refractivity contribution in [2.24, 2.45) is 0 Å². The number of nitrogens with one attached hydrogen (secondary N) is 2. The fraction of sp³-hybridized carbons (Fsp3) is 0.500. The first kappa shape index (κ1) is 13.9. The van der Waals surface area contributed by atoms with Crippen molar-refractivity contribution < 1.29 is 4.74 Å². The van der Waals surface area contributed by atoms with E-state index in [0.717, 1.165) is 32.5 Å². The van der Waals surface area contributed by atoms with Crippen LogP contribution in [0.2, 0.25) is 0 Å². The Morgan fingerprint density at radius 3 is 2.86 bits per heavy atom. The molecule has 0 bridgehead atoms. The van der Waals surface area contributed by atoms with Crippen LogP contribution in [0.4, 0.5) is 0 Å². The van der Waals surface area contributed by atoms with Gasteiger partial charge in [0.05, 0.1) is 23.4 Å². The summed E-state index contributed by atoms with van der Waals surface area (Å²) in [6.45, 7) is 2.91. The van der Waals surface area contributed by atoms with Gasteiger partial charge in [-0.2, -0.15) is 0 Å². The maximum absolute atomic E-state index is 12.2. The monoisotopic (exact) mass is 320 g/mol. The summed E-state index contributed by atoms with van der Waals surface area (Å²) in [7, 11) is 0. The van der Waals surface area contributed by atoms with Gasteiger partial charge in [-0.3, -0.25) is 19.7 Å². The van der Waals surface area contributed by atoms with Gasteiger partial charge in [0.25, 0.3) is 5.56 Å². The Labute approximate surface area is 130 Å². The highest BCUT2D eigenvalue weighted by Gasteiger charge is 2.45. The SMILES string of the molecule is O=c1[nH]c2c(c(=O)[nH]1)C1(CCN(Cc3cncs3)CC1)OC2. The largest absolute Gasteiger partial charge is 0.364 e. The molecule has 4 heterocycles. The lowest BCUT2D eigenvalue weighted by Gasteiger charge is -2.38. The number of likely N-dealkylation sites (tertiary alicyclic amines) is 1. The fourth-order valence-electron chi connectivity index (χ4n) is 3.41. The molecule has 0 radical (unpaired) electrons. The Morgan fingerprint density at radius 1 is 1.32 bits per heavy atom. The predicted molar refractivity (Wildman–Crippen MR) is 80.8 cm³/mol. The van der Waals surface area contributed by atoms with Crippen molar-refractivity contribution in [2.45, 2.75) is 31.6 Å². The van der Waals surface area contributed by atoms with Crippen LogP contribution >= 0.6 is 11.3 Å². The number of piperidine rings is 1. The van der Waals surface area contributed by atoms with Crippen LogP contribution in [0.3, 0.4) is 0 Å². The number of fused-ring (bicyclic) bond motifs is 2. The molecular formula is C14H16N4O3S. The molecule has 2 aliphatic heterocycles. The number of rotatable bonds is 2. The summed E-state index contributed by atoms with van der Waals surface area (Å²) in [4.78, 5) is 36.2. The molecule has 2 N–H and O–H groups in total. The summed E-state index contributed by atoms with van der Waals surface area (Å²) in [6, 6.07) is 0. The second-order valence-corrected chi connectivity index (χ2v) is 6.76. The Balaban J connectivity index is 1.55. The minimum absolute atomic E-state index is 0.309. The summed E-state index contributed by atoms with van der Waals surface area (Å²) in [5.41, 5.74) is 1.76. The van der Waals surface area contributed by atoms with E-state index in [1.54, 1.807) is 11.3 Å². The van der Waals surface area contributed by atoms with E-state index < -0.39 is 11.3 Å². The van der Waals surface area contributed by atoms with E-state index in [-0.39, 0.29) is 5.56 Å². The van der Waals surface area contributed by atoms with E-state index in [1.807, 2.05) is 11.7 Å². The molecular weight excluding hydrogens is 304 g/mol. The van der Waals surface area contributed by atoms with Crippen molar-refractivity contribution in [2.75, 3.05) is 13.1 Å². The Kier molecular flexibility index (Phi) is 3.24. The molecule has 8 heteroatoms. The van der Waals surface area contributed by atoms with Gasteiger partial charge in [0.1, 0.15) is 5.60 Å². The molecule has 1 fully saturated rings. The zero-order chi connectivity index (χ0) is 15.2. The van der Waals surface area contributed by atoms with Gasteiger partial charge in [0.15, 0.2) is 0 Å². The average Bonchev–Trinajstić information content (AvgIpc) is 3.10. The van der Waals surface area contributed by atoms with Crippen molar-refractivity contribution in [3.05, 3.63) is 48.7 Å². The number of ether oxygens (including phenoxy) is 1. The number of thiazole rings is 1.